The number of rotatable bonds is 5. The van der Waals surface area contributed by atoms with Crippen LogP contribution >= 0.6 is 11.8 Å². The molecule has 0 saturated carbocycles. The van der Waals surface area contributed by atoms with Crippen molar-refractivity contribution < 1.29 is 18.4 Å². The highest BCUT2D eigenvalue weighted by Crippen LogP contribution is 2.21. The van der Waals surface area contributed by atoms with E-state index in [0.717, 1.165) is 23.4 Å². The summed E-state index contributed by atoms with van der Waals surface area (Å²) in [6, 6.07) is 12.0. The Morgan fingerprint density at radius 1 is 1.17 bits per heavy atom. The van der Waals surface area contributed by atoms with Gasteiger partial charge < -0.3 is 15.2 Å². The van der Waals surface area contributed by atoms with Crippen LogP contribution in [0, 0.1) is 11.6 Å². The normalized spacial score (nSPS) is 14.9. The molecule has 1 aliphatic rings. The second-order valence-electron chi connectivity index (χ2n) is 6.89. The lowest BCUT2D eigenvalue weighted by molar-refractivity contribution is -0.131. The molecule has 2 aromatic carbocycles. The first-order valence-corrected chi connectivity index (χ1v) is 10.4. The van der Waals surface area contributed by atoms with E-state index in [2.05, 4.69) is 10.3 Å². The van der Waals surface area contributed by atoms with Crippen LogP contribution in [0.2, 0.25) is 0 Å². The number of carbonyl (C=O) groups excluding carboxylic acids is 2. The second-order valence-corrected chi connectivity index (χ2v) is 7.96. The first-order valence-electron chi connectivity index (χ1n) is 9.20. The SMILES string of the molecule is O=C(N[C@@H](Cc1ccccc1)C(=O)N1CCSC1)c1cc2cc(F)cc(F)c2[nH]1. The third kappa shape index (κ3) is 4.27. The largest absolute Gasteiger partial charge is 0.348 e. The average Bonchev–Trinajstić information content (AvgIpc) is 3.37. The summed E-state index contributed by atoms with van der Waals surface area (Å²) in [5, 5.41) is 3.03. The molecule has 2 N–H and O–H groups in total. The van der Waals surface area contributed by atoms with Gasteiger partial charge in [0.1, 0.15) is 23.4 Å². The molecule has 2 heterocycles. The number of halogens is 2. The molecule has 150 valence electrons. The fourth-order valence-corrected chi connectivity index (χ4v) is 4.34. The van der Waals surface area contributed by atoms with Gasteiger partial charge in [-0.25, -0.2) is 8.78 Å². The molecule has 0 spiro atoms. The van der Waals surface area contributed by atoms with Crippen LogP contribution in [0.5, 0.6) is 0 Å². The molecular weight excluding hydrogens is 396 g/mol. The van der Waals surface area contributed by atoms with Gasteiger partial charge in [-0.15, -0.1) is 11.8 Å². The van der Waals surface area contributed by atoms with Gasteiger partial charge in [0, 0.05) is 30.2 Å². The van der Waals surface area contributed by atoms with Crippen molar-refractivity contribution in [2.75, 3.05) is 18.2 Å². The van der Waals surface area contributed by atoms with Crippen LogP contribution in [0.1, 0.15) is 16.1 Å². The van der Waals surface area contributed by atoms with Crippen LogP contribution < -0.4 is 5.32 Å². The Morgan fingerprint density at radius 2 is 1.97 bits per heavy atom. The second kappa shape index (κ2) is 8.24. The summed E-state index contributed by atoms with van der Waals surface area (Å²) < 4.78 is 27.4. The molecule has 1 atom stereocenters. The fraction of sp³-hybridized carbons (Fsp3) is 0.238. The predicted molar refractivity (Wildman–Crippen MR) is 109 cm³/mol. The van der Waals surface area contributed by atoms with Crippen molar-refractivity contribution in [3.05, 3.63) is 71.4 Å². The Morgan fingerprint density at radius 3 is 2.69 bits per heavy atom. The third-order valence-corrected chi connectivity index (χ3v) is 5.81. The zero-order chi connectivity index (χ0) is 20.4. The minimum Gasteiger partial charge on any atom is -0.348 e. The highest BCUT2D eigenvalue weighted by atomic mass is 32.2. The Balaban J connectivity index is 1.58. The van der Waals surface area contributed by atoms with Gasteiger partial charge in [-0.1, -0.05) is 30.3 Å². The number of nitrogens with zero attached hydrogens (tertiary/aromatic N) is 1. The van der Waals surface area contributed by atoms with Crippen molar-refractivity contribution in [3.63, 3.8) is 0 Å². The average molecular weight is 415 g/mol. The molecular formula is C21H19F2N3O2S. The standard InChI is InChI=1S/C21H19F2N3O2S/c22-15-9-14-10-17(24-19(14)16(23)11-15)20(27)25-18(8-13-4-2-1-3-5-13)21(28)26-6-7-29-12-26/h1-5,9-11,18,24H,6-8,12H2,(H,25,27)/t18-/m0/s1. The summed E-state index contributed by atoms with van der Waals surface area (Å²) in [7, 11) is 0. The van der Waals surface area contributed by atoms with Gasteiger partial charge in [0.15, 0.2) is 0 Å². The number of fused-ring (bicyclic) bond motifs is 1. The van der Waals surface area contributed by atoms with Crippen molar-refractivity contribution >= 4 is 34.5 Å². The maximum atomic E-state index is 13.9. The van der Waals surface area contributed by atoms with Gasteiger partial charge in [-0.05, 0) is 17.7 Å². The molecule has 0 radical (unpaired) electrons. The maximum Gasteiger partial charge on any atom is 0.268 e. The number of carbonyl (C=O) groups is 2. The number of H-pyrrole nitrogens is 1. The Hall–Kier alpha value is -2.87. The Labute approximate surface area is 170 Å². The van der Waals surface area contributed by atoms with E-state index in [4.69, 9.17) is 0 Å². The molecule has 1 fully saturated rings. The number of aromatic nitrogens is 1. The summed E-state index contributed by atoms with van der Waals surface area (Å²) in [6.07, 6.45) is 0.343. The minimum atomic E-state index is -0.773. The zero-order valence-corrected chi connectivity index (χ0v) is 16.3. The van der Waals surface area contributed by atoms with Crippen molar-refractivity contribution in [3.8, 4) is 0 Å². The molecule has 1 saturated heterocycles. The third-order valence-electron chi connectivity index (χ3n) is 4.84. The van der Waals surface area contributed by atoms with Gasteiger partial charge in [-0.3, -0.25) is 9.59 Å². The number of amides is 2. The van der Waals surface area contributed by atoms with Crippen molar-refractivity contribution in [1.82, 2.24) is 15.2 Å². The summed E-state index contributed by atoms with van der Waals surface area (Å²) in [4.78, 5) is 30.2. The highest BCUT2D eigenvalue weighted by Gasteiger charge is 2.29. The van der Waals surface area contributed by atoms with Crippen LogP contribution in [0.4, 0.5) is 8.78 Å². The van der Waals surface area contributed by atoms with Crippen molar-refractivity contribution in [2.24, 2.45) is 0 Å². The molecule has 1 aliphatic heterocycles. The van der Waals surface area contributed by atoms with E-state index in [9.17, 15) is 18.4 Å². The van der Waals surface area contributed by atoms with E-state index < -0.39 is 23.6 Å². The summed E-state index contributed by atoms with van der Waals surface area (Å²) in [5.74, 6) is -0.723. The van der Waals surface area contributed by atoms with E-state index in [0.29, 0.717) is 18.8 Å². The van der Waals surface area contributed by atoms with E-state index >= 15 is 0 Å². The molecule has 0 bridgehead atoms. The number of aromatic amines is 1. The van der Waals surface area contributed by atoms with Crippen molar-refractivity contribution in [2.45, 2.75) is 12.5 Å². The van der Waals surface area contributed by atoms with Crippen LogP contribution in [0.3, 0.4) is 0 Å². The smallest absolute Gasteiger partial charge is 0.268 e. The Bertz CT molecular complexity index is 1050. The zero-order valence-electron chi connectivity index (χ0n) is 15.5. The number of hydrogen-bond acceptors (Lipinski definition) is 3. The van der Waals surface area contributed by atoms with Gasteiger partial charge in [-0.2, -0.15) is 0 Å². The lowest BCUT2D eigenvalue weighted by Gasteiger charge is -2.23. The van der Waals surface area contributed by atoms with Crippen LogP contribution in [0.15, 0.2) is 48.5 Å². The minimum absolute atomic E-state index is 0.0541. The first kappa shape index (κ1) is 19.4. The molecule has 29 heavy (non-hydrogen) atoms. The fourth-order valence-electron chi connectivity index (χ4n) is 3.38. The lowest BCUT2D eigenvalue weighted by Crippen LogP contribution is -2.49. The molecule has 8 heteroatoms. The molecule has 2 amide bonds. The van der Waals surface area contributed by atoms with Crippen molar-refractivity contribution in [1.29, 1.82) is 0 Å². The number of thioether (sulfide) groups is 1. The summed E-state index contributed by atoms with van der Waals surface area (Å²) in [5.41, 5.74) is 1.05. The monoisotopic (exact) mass is 415 g/mol. The molecule has 0 unspecified atom stereocenters. The van der Waals surface area contributed by atoms with E-state index in [1.54, 1.807) is 16.7 Å². The highest BCUT2D eigenvalue weighted by molar-refractivity contribution is 7.99. The van der Waals surface area contributed by atoms with E-state index in [1.807, 2.05) is 30.3 Å². The quantitative estimate of drug-likeness (QED) is 0.672. The van der Waals surface area contributed by atoms with Crippen LogP contribution in [-0.2, 0) is 11.2 Å². The number of nitrogens with one attached hydrogen (secondary N) is 2. The van der Waals surface area contributed by atoms with Gasteiger partial charge >= 0.3 is 0 Å². The van der Waals surface area contributed by atoms with Gasteiger partial charge in [0.05, 0.1) is 11.4 Å². The molecule has 1 aromatic heterocycles. The number of hydrogen-bond donors (Lipinski definition) is 2. The van der Waals surface area contributed by atoms with Gasteiger partial charge in [0.25, 0.3) is 5.91 Å². The predicted octanol–water partition coefficient (Wildman–Crippen LogP) is 3.32. The topological polar surface area (TPSA) is 65.2 Å². The molecule has 4 rings (SSSR count). The number of benzene rings is 2. The first-order chi connectivity index (χ1) is 14.0. The van der Waals surface area contributed by atoms with E-state index in [1.165, 1.54) is 6.07 Å². The van der Waals surface area contributed by atoms with Gasteiger partial charge in [0.2, 0.25) is 5.91 Å². The summed E-state index contributed by atoms with van der Waals surface area (Å²) >= 11 is 1.66. The molecule has 0 aliphatic carbocycles. The lowest BCUT2D eigenvalue weighted by atomic mass is 10.0. The van der Waals surface area contributed by atoms with Crippen LogP contribution in [0.25, 0.3) is 10.9 Å². The van der Waals surface area contributed by atoms with E-state index in [-0.39, 0.29) is 22.5 Å². The summed E-state index contributed by atoms with van der Waals surface area (Å²) in [6.45, 7) is 0.640. The van der Waals surface area contributed by atoms with Crippen LogP contribution in [-0.4, -0.2) is 45.9 Å². The maximum absolute atomic E-state index is 13.9. The molecule has 3 aromatic rings. The molecule has 5 nitrogen and oxygen atoms in total. The Kier molecular flexibility index (Phi) is 5.53.